The molecule has 5 nitrogen and oxygen atoms in total. The topological polar surface area (TPSA) is 85.1 Å². The van der Waals surface area contributed by atoms with Crippen LogP contribution in [0.5, 0.6) is 0 Å². The molecule has 0 amide bonds. The van der Waals surface area contributed by atoms with E-state index in [0.717, 1.165) is 0 Å². The second kappa shape index (κ2) is 3.79. The van der Waals surface area contributed by atoms with Gasteiger partial charge in [-0.15, -0.1) is 0 Å². The van der Waals surface area contributed by atoms with Gasteiger partial charge in [-0.25, -0.2) is 10.1 Å². The fourth-order valence-electron chi connectivity index (χ4n) is 0.642. The van der Waals surface area contributed by atoms with Crippen LogP contribution in [0.25, 0.3) is 0 Å². The van der Waals surface area contributed by atoms with Gasteiger partial charge in [-0.2, -0.15) is 8.42 Å². The minimum Gasteiger partial charge on any atom is -0.268 e. The molecule has 1 aromatic heterocycles. The molecule has 1 heterocycles. The normalized spacial score (nSPS) is 11.3. The molecule has 0 aliphatic rings. The highest BCUT2D eigenvalue weighted by Crippen LogP contribution is 2.21. The summed E-state index contributed by atoms with van der Waals surface area (Å²) in [7, 11) is -3.80. The lowest BCUT2D eigenvalue weighted by Crippen LogP contribution is -2.22. The van der Waals surface area contributed by atoms with Crippen LogP contribution in [0.15, 0.2) is 16.7 Å². The molecule has 0 aromatic carbocycles. The number of anilines is 1. The van der Waals surface area contributed by atoms with Gasteiger partial charge in [-0.1, -0.05) is 11.6 Å². The number of nitrogens with zero attached hydrogens (tertiary/aromatic N) is 1. The van der Waals surface area contributed by atoms with Crippen LogP contribution in [0.1, 0.15) is 0 Å². The van der Waals surface area contributed by atoms with E-state index in [-0.39, 0.29) is 10.8 Å². The third-order valence-electron chi connectivity index (χ3n) is 1.07. The first kappa shape index (κ1) is 10.7. The van der Waals surface area contributed by atoms with Crippen LogP contribution in [0.4, 0.5) is 5.69 Å². The Labute approximate surface area is 88.6 Å². The minimum absolute atomic E-state index is 0.0309. The lowest BCUT2D eigenvalue weighted by Gasteiger charge is -2.04. The zero-order chi connectivity index (χ0) is 10.1. The molecule has 0 saturated heterocycles. The first-order chi connectivity index (χ1) is 5.88. The summed E-state index contributed by atoms with van der Waals surface area (Å²) in [6.45, 7) is 0. The average molecular weight is 287 g/mol. The molecule has 72 valence electrons. The van der Waals surface area contributed by atoms with Crippen LogP contribution < -0.4 is 9.86 Å². The number of nitrogens with one attached hydrogen (secondary N) is 1. The molecule has 0 unspecified atom stereocenters. The van der Waals surface area contributed by atoms with E-state index in [0.29, 0.717) is 4.60 Å². The van der Waals surface area contributed by atoms with Gasteiger partial charge < -0.3 is 0 Å². The highest BCUT2D eigenvalue weighted by molar-refractivity contribution is 9.10. The van der Waals surface area contributed by atoms with Crippen molar-refractivity contribution in [1.82, 2.24) is 4.98 Å². The van der Waals surface area contributed by atoms with Crippen LogP contribution >= 0.6 is 27.5 Å². The molecule has 3 N–H and O–H groups in total. The van der Waals surface area contributed by atoms with Crippen molar-refractivity contribution in [2.75, 3.05) is 4.72 Å². The molecule has 0 radical (unpaired) electrons. The van der Waals surface area contributed by atoms with E-state index in [1.54, 1.807) is 6.07 Å². The van der Waals surface area contributed by atoms with Gasteiger partial charge in [-0.05, 0) is 28.1 Å². The van der Waals surface area contributed by atoms with Crippen molar-refractivity contribution in [3.05, 3.63) is 21.9 Å². The van der Waals surface area contributed by atoms with Crippen molar-refractivity contribution in [3.8, 4) is 0 Å². The van der Waals surface area contributed by atoms with Crippen LogP contribution in [-0.2, 0) is 10.2 Å². The Hall–Kier alpha value is -0.370. The number of aromatic nitrogens is 1. The molecular formula is C5H5BrClN3O2S. The monoisotopic (exact) mass is 285 g/mol. The fraction of sp³-hybridized carbons (Fsp3) is 0. The molecule has 0 saturated carbocycles. The summed E-state index contributed by atoms with van der Waals surface area (Å²) in [5.74, 6) is 0. The maximum atomic E-state index is 10.6. The highest BCUT2D eigenvalue weighted by atomic mass is 79.9. The average Bonchev–Trinajstić information content (AvgIpc) is 1.93. The van der Waals surface area contributed by atoms with Crippen molar-refractivity contribution in [2.24, 2.45) is 5.14 Å². The van der Waals surface area contributed by atoms with Crippen molar-refractivity contribution < 1.29 is 8.42 Å². The maximum absolute atomic E-state index is 10.6. The highest BCUT2D eigenvalue weighted by Gasteiger charge is 2.07. The van der Waals surface area contributed by atoms with Crippen molar-refractivity contribution in [1.29, 1.82) is 0 Å². The van der Waals surface area contributed by atoms with Gasteiger partial charge in [0.1, 0.15) is 4.60 Å². The van der Waals surface area contributed by atoms with Crippen molar-refractivity contribution >= 4 is 43.4 Å². The Bertz CT molecular complexity index is 422. The lowest BCUT2D eigenvalue weighted by molar-refractivity contribution is 0.603. The molecule has 0 bridgehead atoms. The van der Waals surface area contributed by atoms with E-state index in [1.165, 1.54) is 6.07 Å². The van der Waals surface area contributed by atoms with Crippen LogP contribution in [0, 0.1) is 0 Å². The summed E-state index contributed by atoms with van der Waals surface area (Å²) < 4.78 is 23.7. The summed E-state index contributed by atoms with van der Waals surface area (Å²) in [6.07, 6.45) is 0. The Morgan fingerprint density at radius 1 is 1.54 bits per heavy atom. The number of hydrogen-bond donors (Lipinski definition) is 2. The molecular weight excluding hydrogens is 281 g/mol. The second-order valence-electron chi connectivity index (χ2n) is 2.12. The van der Waals surface area contributed by atoms with Crippen LogP contribution in [0.2, 0.25) is 5.15 Å². The Morgan fingerprint density at radius 2 is 2.15 bits per heavy atom. The van der Waals surface area contributed by atoms with E-state index >= 15 is 0 Å². The van der Waals surface area contributed by atoms with E-state index in [4.69, 9.17) is 16.7 Å². The third-order valence-corrected chi connectivity index (χ3v) is 2.30. The molecule has 1 aromatic rings. The summed E-state index contributed by atoms with van der Waals surface area (Å²) in [6, 6.07) is 2.99. The predicted molar refractivity (Wildman–Crippen MR) is 53.7 cm³/mol. The molecule has 0 atom stereocenters. The molecule has 0 spiro atoms. The lowest BCUT2D eigenvalue weighted by atomic mass is 10.4. The molecule has 0 aliphatic carbocycles. The second-order valence-corrected chi connectivity index (χ2v) is 4.58. The maximum Gasteiger partial charge on any atom is 0.296 e. The van der Waals surface area contributed by atoms with Gasteiger partial charge in [0.15, 0.2) is 5.15 Å². The zero-order valence-electron chi connectivity index (χ0n) is 6.16. The Kier molecular flexibility index (Phi) is 3.12. The van der Waals surface area contributed by atoms with Crippen LogP contribution in [0.3, 0.4) is 0 Å². The Morgan fingerprint density at radius 3 is 2.62 bits per heavy atom. The van der Waals surface area contributed by atoms with Crippen LogP contribution in [-0.4, -0.2) is 13.4 Å². The minimum atomic E-state index is -3.80. The van der Waals surface area contributed by atoms with Gasteiger partial charge in [0.25, 0.3) is 10.2 Å². The largest absolute Gasteiger partial charge is 0.296 e. The predicted octanol–water partition coefficient (Wildman–Crippen LogP) is 1.11. The van der Waals surface area contributed by atoms with Gasteiger partial charge in [0.2, 0.25) is 0 Å². The van der Waals surface area contributed by atoms with Gasteiger partial charge in [0.05, 0.1) is 5.69 Å². The third kappa shape index (κ3) is 3.47. The SMILES string of the molecule is NS(=O)(=O)Nc1ccc(Br)nc1Cl. The van der Waals surface area contributed by atoms with Gasteiger partial charge in [0, 0.05) is 0 Å². The molecule has 0 aliphatic heterocycles. The molecule has 1 rings (SSSR count). The van der Waals surface area contributed by atoms with Crippen molar-refractivity contribution in [2.45, 2.75) is 0 Å². The number of pyridine rings is 1. The molecule has 0 fully saturated rings. The fourth-order valence-corrected chi connectivity index (χ4v) is 1.78. The number of hydrogen-bond acceptors (Lipinski definition) is 3. The number of nitrogens with two attached hydrogens (primary N) is 1. The zero-order valence-corrected chi connectivity index (χ0v) is 9.32. The summed E-state index contributed by atoms with van der Waals surface area (Å²) in [5.41, 5.74) is 0.146. The number of rotatable bonds is 2. The molecule has 8 heteroatoms. The standard InChI is InChI=1S/C5H5BrClN3O2S/c6-4-2-1-3(5(7)9-4)10-13(8,11)12/h1-2,10H,(H2,8,11,12). The Balaban J connectivity index is 3.04. The van der Waals surface area contributed by atoms with E-state index in [1.807, 2.05) is 4.72 Å². The van der Waals surface area contributed by atoms with Gasteiger partial charge >= 0.3 is 0 Å². The van der Waals surface area contributed by atoms with E-state index < -0.39 is 10.2 Å². The summed E-state index contributed by atoms with van der Waals surface area (Å²) >= 11 is 8.68. The molecule has 13 heavy (non-hydrogen) atoms. The smallest absolute Gasteiger partial charge is 0.268 e. The number of halogens is 2. The van der Waals surface area contributed by atoms with E-state index in [9.17, 15) is 8.42 Å². The quantitative estimate of drug-likeness (QED) is 0.799. The van der Waals surface area contributed by atoms with E-state index in [2.05, 4.69) is 20.9 Å². The summed E-state index contributed by atoms with van der Waals surface area (Å²) in [5, 5.41) is 4.77. The summed E-state index contributed by atoms with van der Waals surface area (Å²) in [4.78, 5) is 3.76. The van der Waals surface area contributed by atoms with Gasteiger partial charge in [-0.3, -0.25) is 4.72 Å². The first-order valence-corrected chi connectivity index (χ1v) is 5.73. The van der Waals surface area contributed by atoms with Crippen molar-refractivity contribution in [3.63, 3.8) is 0 Å². The first-order valence-electron chi connectivity index (χ1n) is 3.01.